The van der Waals surface area contributed by atoms with Gasteiger partial charge in [-0.3, -0.25) is 14.9 Å². The summed E-state index contributed by atoms with van der Waals surface area (Å²) in [5.74, 6) is -0.528. The van der Waals surface area contributed by atoms with E-state index in [0.717, 1.165) is 0 Å². The first kappa shape index (κ1) is 13.6. The Bertz CT molecular complexity index is 229. The van der Waals surface area contributed by atoms with Gasteiger partial charge in [0.05, 0.1) is 19.2 Å². The van der Waals surface area contributed by atoms with Gasteiger partial charge in [-0.05, 0) is 13.8 Å². The third kappa shape index (κ3) is 6.68. The Morgan fingerprint density at radius 1 is 1.53 bits per heavy atom. The van der Waals surface area contributed by atoms with E-state index in [9.17, 15) is 9.59 Å². The zero-order valence-corrected chi connectivity index (χ0v) is 9.21. The molecule has 5 heteroatoms. The van der Waals surface area contributed by atoms with Gasteiger partial charge in [-0.2, -0.15) is 0 Å². The maximum absolute atomic E-state index is 11.3. The summed E-state index contributed by atoms with van der Waals surface area (Å²) in [7, 11) is 0. The highest BCUT2D eigenvalue weighted by Gasteiger charge is 2.12. The Balaban J connectivity index is 3.72. The zero-order chi connectivity index (χ0) is 11.7. The van der Waals surface area contributed by atoms with Gasteiger partial charge in [-0.15, -0.1) is 6.58 Å². The summed E-state index contributed by atoms with van der Waals surface area (Å²) >= 11 is 0. The molecular formula is C10H18N2O3. The summed E-state index contributed by atoms with van der Waals surface area (Å²) in [6.45, 7) is 7.70. The smallest absolute Gasteiger partial charge is 0.319 e. The molecule has 0 aliphatic rings. The molecule has 0 aliphatic heterocycles. The molecule has 0 aromatic heterocycles. The Labute approximate surface area is 89.9 Å². The molecule has 0 fully saturated rings. The number of rotatable bonds is 7. The van der Waals surface area contributed by atoms with Crippen molar-refractivity contribution in [2.75, 3.05) is 19.7 Å². The van der Waals surface area contributed by atoms with Crippen LogP contribution in [0.15, 0.2) is 12.7 Å². The van der Waals surface area contributed by atoms with E-state index >= 15 is 0 Å². The lowest BCUT2D eigenvalue weighted by Crippen LogP contribution is -2.44. The molecule has 2 N–H and O–H groups in total. The quantitative estimate of drug-likeness (QED) is 0.456. The number of nitrogens with one attached hydrogen (secondary N) is 2. The van der Waals surface area contributed by atoms with Crippen LogP contribution in [0, 0.1) is 0 Å². The number of carbonyl (C=O) groups excluding carboxylic acids is 2. The topological polar surface area (TPSA) is 67.4 Å². The van der Waals surface area contributed by atoms with E-state index in [1.807, 2.05) is 0 Å². The van der Waals surface area contributed by atoms with Crippen molar-refractivity contribution in [2.24, 2.45) is 0 Å². The third-order valence-corrected chi connectivity index (χ3v) is 1.67. The molecular weight excluding hydrogens is 196 g/mol. The van der Waals surface area contributed by atoms with Gasteiger partial charge in [0.15, 0.2) is 0 Å². The molecule has 5 nitrogen and oxygen atoms in total. The van der Waals surface area contributed by atoms with Gasteiger partial charge in [-0.1, -0.05) is 6.08 Å². The van der Waals surface area contributed by atoms with Crippen LogP contribution < -0.4 is 10.6 Å². The highest BCUT2D eigenvalue weighted by molar-refractivity contribution is 5.82. The Morgan fingerprint density at radius 3 is 2.73 bits per heavy atom. The van der Waals surface area contributed by atoms with E-state index in [4.69, 9.17) is 4.74 Å². The third-order valence-electron chi connectivity index (χ3n) is 1.67. The van der Waals surface area contributed by atoms with Crippen LogP contribution >= 0.6 is 0 Å². The maximum Gasteiger partial charge on any atom is 0.319 e. The average molecular weight is 214 g/mol. The summed E-state index contributed by atoms with van der Waals surface area (Å²) in [5.41, 5.74) is 0. The highest BCUT2D eigenvalue weighted by Crippen LogP contribution is 1.83. The van der Waals surface area contributed by atoms with Crippen molar-refractivity contribution >= 4 is 11.9 Å². The summed E-state index contributed by atoms with van der Waals surface area (Å²) in [5, 5.41) is 5.37. The lowest BCUT2D eigenvalue weighted by Gasteiger charge is -2.12. The van der Waals surface area contributed by atoms with Crippen LogP contribution in [0.5, 0.6) is 0 Å². The molecule has 0 heterocycles. The molecule has 0 aliphatic carbocycles. The minimum Gasteiger partial charge on any atom is -0.465 e. The number of carbonyl (C=O) groups is 2. The van der Waals surface area contributed by atoms with Gasteiger partial charge < -0.3 is 10.1 Å². The number of esters is 1. The van der Waals surface area contributed by atoms with E-state index in [1.54, 1.807) is 19.9 Å². The Kier molecular flexibility index (Phi) is 7.27. The summed E-state index contributed by atoms with van der Waals surface area (Å²) < 4.78 is 4.70. The van der Waals surface area contributed by atoms with Crippen LogP contribution in [0.3, 0.4) is 0 Å². The highest BCUT2D eigenvalue weighted by atomic mass is 16.5. The average Bonchev–Trinajstić information content (AvgIpc) is 2.22. The van der Waals surface area contributed by atoms with Crippen molar-refractivity contribution in [1.82, 2.24) is 10.6 Å². The minimum atomic E-state index is -0.422. The number of hydrogen-bond donors (Lipinski definition) is 2. The fraction of sp³-hybridized carbons (Fsp3) is 0.600. The molecule has 1 amide bonds. The molecule has 0 saturated carbocycles. The first-order chi connectivity index (χ1) is 7.11. The summed E-state index contributed by atoms with van der Waals surface area (Å²) in [6, 6.07) is -0.422. The van der Waals surface area contributed by atoms with Gasteiger partial charge in [0.25, 0.3) is 0 Å². The fourth-order valence-electron chi connectivity index (χ4n) is 0.867. The predicted molar refractivity (Wildman–Crippen MR) is 57.3 cm³/mol. The van der Waals surface area contributed by atoms with Crippen LogP contribution in [0.2, 0.25) is 0 Å². The summed E-state index contributed by atoms with van der Waals surface area (Å²) in [6.07, 6.45) is 1.59. The second-order valence-electron chi connectivity index (χ2n) is 2.94. The molecule has 0 aromatic carbocycles. The first-order valence-electron chi connectivity index (χ1n) is 4.89. The van der Waals surface area contributed by atoms with Crippen molar-refractivity contribution in [2.45, 2.75) is 19.9 Å². The predicted octanol–water partition coefficient (Wildman–Crippen LogP) is -0.170. The monoisotopic (exact) mass is 214 g/mol. The standard InChI is InChI=1S/C10H18N2O3/c1-4-6-11-10(14)8(3)12-7-9(13)15-5-2/h4,8,12H,1,5-7H2,2-3H3,(H,11,14). The largest absolute Gasteiger partial charge is 0.465 e. The van der Waals surface area contributed by atoms with E-state index in [2.05, 4.69) is 17.2 Å². The Morgan fingerprint density at radius 2 is 2.20 bits per heavy atom. The molecule has 0 saturated heterocycles. The van der Waals surface area contributed by atoms with Gasteiger partial charge in [-0.25, -0.2) is 0 Å². The molecule has 0 spiro atoms. The molecule has 0 rings (SSSR count). The fourth-order valence-corrected chi connectivity index (χ4v) is 0.867. The molecule has 0 radical (unpaired) electrons. The Hall–Kier alpha value is -1.36. The lowest BCUT2D eigenvalue weighted by atomic mass is 10.3. The molecule has 1 atom stereocenters. The SMILES string of the molecule is C=CCNC(=O)C(C)NCC(=O)OCC. The molecule has 86 valence electrons. The number of amides is 1. The van der Waals surface area contributed by atoms with E-state index in [-0.39, 0.29) is 18.4 Å². The van der Waals surface area contributed by atoms with Crippen LogP contribution in [0.4, 0.5) is 0 Å². The molecule has 1 unspecified atom stereocenters. The minimum absolute atomic E-state index is 0.0382. The molecule has 0 aromatic rings. The normalized spacial score (nSPS) is 11.6. The van der Waals surface area contributed by atoms with E-state index in [1.165, 1.54) is 0 Å². The van der Waals surface area contributed by atoms with Crippen molar-refractivity contribution in [3.05, 3.63) is 12.7 Å². The van der Waals surface area contributed by atoms with Gasteiger partial charge >= 0.3 is 5.97 Å². The van der Waals surface area contributed by atoms with Crippen LogP contribution in [0.1, 0.15) is 13.8 Å². The molecule has 0 bridgehead atoms. The van der Waals surface area contributed by atoms with Crippen LogP contribution in [-0.4, -0.2) is 37.6 Å². The van der Waals surface area contributed by atoms with Crippen LogP contribution in [-0.2, 0) is 14.3 Å². The van der Waals surface area contributed by atoms with Crippen molar-refractivity contribution in [1.29, 1.82) is 0 Å². The van der Waals surface area contributed by atoms with Crippen molar-refractivity contribution in [3.8, 4) is 0 Å². The van der Waals surface area contributed by atoms with Gasteiger partial charge in [0, 0.05) is 6.54 Å². The first-order valence-corrected chi connectivity index (χ1v) is 4.89. The maximum atomic E-state index is 11.3. The molecule has 15 heavy (non-hydrogen) atoms. The van der Waals surface area contributed by atoms with Crippen molar-refractivity contribution < 1.29 is 14.3 Å². The zero-order valence-electron chi connectivity index (χ0n) is 9.21. The van der Waals surface area contributed by atoms with Crippen LogP contribution in [0.25, 0.3) is 0 Å². The second kappa shape index (κ2) is 7.99. The van der Waals surface area contributed by atoms with Gasteiger partial charge in [0.1, 0.15) is 0 Å². The lowest BCUT2D eigenvalue weighted by molar-refractivity contribution is -0.142. The van der Waals surface area contributed by atoms with Crippen molar-refractivity contribution in [3.63, 3.8) is 0 Å². The van der Waals surface area contributed by atoms with E-state index < -0.39 is 6.04 Å². The second-order valence-corrected chi connectivity index (χ2v) is 2.94. The number of hydrogen-bond acceptors (Lipinski definition) is 4. The number of ether oxygens (including phenoxy) is 1. The van der Waals surface area contributed by atoms with E-state index in [0.29, 0.717) is 13.2 Å². The summed E-state index contributed by atoms with van der Waals surface area (Å²) in [4.78, 5) is 22.3. The van der Waals surface area contributed by atoms with Gasteiger partial charge in [0.2, 0.25) is 5.91 Å².